The zero-order valence-corrected chi connectivity index (χ0v) is 9.79. The Morgan fingerprint density at radius 3 is 2.71 bits per heavy atom. The molecule has 5 nitrogen and oxygen atoms in total. The number of hydrogen-bond acceptors (Lipinski definition) is 4. The van der Waals surface area contributed by atoms with Gasteiger partial charge in [0.05, 0.1) is 5.69 Å². The van der Waals surface area contributed by atoms with Crippen LogP contribution in [0.5, 0.6) is 0 Å². The maximum absolute atomic E-state index is 11.7. The first-order valence-corrected chi connectivity index (χ1v) is 5.40. The van der Waals surface area contributed by atoms with E-state index in [-0.39, 0.29) is 17.4 Å². The summed E-state index contributed by atoms with van der Waals surface area (Å²) in [4.78, 5) is 19.9. The van der Waals surface area contributed by atoms with E-state index in [4.69, 9.17) is 5.73 Å². The fourth-order valence-electron chi connectivity index (χ4n) is 1.51. The first-order chi connectivity index (χ1) is 8.08. The van der Waals surface area contributed by atoms with Crippen LogP contribution in [0.25, 0.3) is 5.82 Å². The van der Waals surface area contributed by atoms with Gasteiger partial charge in [-0.2, -0.15) is 4.98 Å². The van der Waals surface area contributed by atoms with Gasteiger partial charge >= 0.3 is 0 Å². The minimum Gasteiger partial charge on any atom is -0.368 e. The molecule has 0 aliphatic carbocycles. The van der Waals surface area contributed by atoms with Crippen LogP contribution in [0.1, 0.15) is 25.5 Å². The van der Waals surface area contributed by atoms with Crippen LogP contribution in [0.15, 0.2) is 35.3 Å². The van der Waals surface area contributed by atoms with E-state index >= 15 is 0 Å². The second-order valence-electron chi connectivity index (χ2n) is 4.07. The fourth-order valence-corrected chi connectivity index (χ4v) is 1.51. The van der Waals surface area contributed by atoms with Gasteiger partial charge in [0.1, 0.15) is 5.82 Å². The van der Waals surface area contributed by atoms with Gasteiger partial charge in [0.2, 0.25) is 5.95 Å². The van der Waals surface area contributed by atoms with Crippen molar-refractivity contribution in [1.29, 1.82) is 0 Å². The molecule has 0 aliphatic heterocycles. The Balaban J connectivity index is 2.60. The molecule has 2 rings (SSSR count). The van der Waals surface area contributed by atoms with Crippen LogP contribution in [-0.4, -0.2) is 14.5 Å². The first-order valence-electron chi connectivity index (χ1n) is 5.40. The smallest absolute Gasteiger partial charge is 0.256 e. The van der Waals surface area contributed by atoms with Crippen molar-refractivity contribution in [3.8, 4) is 5.82 Å². The molecule has 0 amide bonds. The van der Waals surface area contributed by atoms with Gasteiger partial charge in [-0.15, -0.1) is 0 Å². The lowest BCUT2D eigenvalue weighted by Crippen LogP contribution is -2.18. The zero-order chi connectivity index (χ0) is 12.4. The number of nitrogens with two attached hydrogens (primary N) is 1. The van der Waals surface area contributed by atoms with Crippen LogP contribution >= 0.6 is 0 Å². The minimum absolute atomic E-state index is 0.139. The third-order valence-electron chi connectivity index (χ3n) is 2.41. The average Bonchev–Trinajstić information content (AvgIpc) is 2.28. The van der Waals surface area contributed by atoms with Gasteiger partial charge in [-0.1, -0.05) is 19.9 Å². The molecule has 5 heteroatoms. The summed E-state index contributed by atoms with van der Waals surface area (Å²) in [6.45, 7) is 4.03. The van der Waals surface area contributed by atoms with Gasteiger partial charge < -0.3 is 5.73 Å². The van der Waals surface area contributed by atoms with Gasteiger partial charge in [0.25, 0.3) is 5.56 Å². The maximum Gasteiger partial charge on any atom is 0.256 e. The zero-order valence-electron chi connectivity index (χ0n) is 9.79. The van der Waals surface area contributed by atoms with E-state index in [1.807, 2.05) is 13.8 Å². The topological polar surface area (TPSA) is 73.8 Å². The van der Waals surface area contributed by atoms with Crippen molar-refractivity contribution in [2.24, 2.45) is 0 Å². The Morgan fingerprint density at radius 2 is 2.06 bits per heavy atom. The molecule has 0 atom stereocenters. The van der Waals surface area contributed by atoms with E-state index in [0.717, 1.165) is 5.69 Å². The van der Waals surface area contributed by atoms with E-state index < -0.39 is 0 Å². The van der Waals surface area contributed by atoms with Crippen molar-refractivity contribution in [3.05, 3.63) is 46.5 Å². The summed E-state index contributed by atoms with van der Waals surface area (Å²) >= 11 is 0. The van der Waals surface area contributed by atoms with Crippen LogP contribution in [0.2, 0.25) is 0 Å². The third kappa shape index (κ3) is 2.33. The van der Waals surface area contributed by atoms with Gasteiger partial charge in [0, 0.05) is 18.3 Å². The summed E-state index contributed by atoms with van der Waals surface area (Å²) in [6, 6.07) is 6.72. The van der Waals surface area contributed by atoms with Crippen LogP contribution < -0.4 is 11.3 Å². The third-order valence-corrected chi connectivity index (χ3v) is 2.41. The lowest BCUT2D eigenvalue weighted by molar-refractivity contribution is 0.805. The summed E-state index contributed by atoms with van der Waals surface area (Å²) in [5.41, 5.74) is 6.33. The molecule has 0 unspecified atom stereocenters. The van der Waals surface area contributed by atoms with Gasteiger partial charge in [-0.25, -0.2) is 4.98 Å². The predicted octanol–water partition coefficient (Wildman–Crippen LogP) is 1.33. The minimum atomic E-state index is -0.139. The number of anilines is 1. The monoisotopic (exact) mass is 230 g/mol. The lowest BCUT2D eigenvalue weighted by Gasteiger charge is -2.09. The predicted molar refractivity (Wildman–Crippen MR) is 66.1 cm³/mol. The van der Waals surface area contributed by atoms with Crippen molar-refractivity contribution in [1.82, 2.24) is 14.5 Å². The SMILES string of the molecule is CC(C)c1cc(-n2ccccc2=O)nc(N)n1. The number of nitrogens with zero attached hydrogens (tertiary/aromatic N) is 3. The number of nitrogen functional groups attached to an aromatic ring is 1. The van der Waals surface area contributed by atoms with E-state index in [2.05, 4.69) is 9.97 Å². The summed E-state index contributed by atoms with van der Waals surface area (Å²) in [7, 11) is 0. The molecule has 2 aromatic rings. The van der Waals surface area contributed by atoms with E-state index in [9.17, 15) is 4.79 Å². The van der Waals surface area contributed by atoms with E-state index in [1.54, 1.807) is 24.4 Å². The molecular formula is C12H14N4O. The first kappa shape index (κ1) is 11.3. The van der Waals surface area contributed by atoms with Crippen LogP contribution in [-0.2, 0) is 0 Å². The highest BCUT2D eigenvalue weighted by molar-refractivity contribution is 5.33. The van der Waals surface area contributed by atoms with Crippen molar-refractivity contribution >= 4 is 5.95 Å². The quantitative estimate of drug-likeness (QED) is 0.844. The van der Waals surface area contributed by atoms with Crippen LogP contribution in [0.3, 0.4) is 0 Å². The van der Waals surface area contributed by atoms with Crippen molar-refractivity contribution in [3.63, 3.8) is 0 Å². The second kappa shape index (κ2) is 4.37. The van der Waals surface area contributed by atoms with E-state index in [0.29, 0.717) is 5.82 Å². The van der Waals surface area contributed by atoms with Crippen LogP contribution in [0, 0.1) is 0 Å². The summed E-state index contributed by atoms with van der Waals surface area (Å²) in [5.74, 6) is 0.923. The molecule has 88 valence electrons. The van der Waals surface area contributed by atoms with E-state index in [1.165, 1.54) is 10.6 Å². The molecule has 0 saturated heterocycles. The molecule has 0 radical (unpaired) electrons. The maximum atomic E-state index is 11.7. The molecular weight excluding hydrogens is 216 g/mol. The van der Waals surface area contributed by atoms with Gasteiger partial charge in [-0.3, -0.25) is 9.36 Å². The van der Waals surface area contributed by atoms with Crippen molar-refractivity contribution < 1.29 is 0 Å². The molecule has 0 aliphatic rings. The number of rotatable bonds is 2. The number of hydrogen-bond donors (Lipinski definition) is 1. The molecule has 0 saturated carbocycles. The highest BCUT2D eigenvalue weighted by atomic mass is 16.1. The largest absolute Gasteiger partial charge is 0.368 e. The Hall–Kier alpha value is -2.17. The molecule has 2 aromatic heterocycles. The molecule has 2 N–H and O–H groups in total. The normalized spacial score (nSPS) is 10.8. The van der Waals surface area contributed by atoms with Crippen LogP contribution in [0.4, 0.5) is 5.95 Å². The molecule has 17 heavy (non-hydrogen) atoms. The highest BCUT2D eigenvalue weighted by Crippen LogP contribution is 2.14. The number of pyridine rings is 1. The van der Waals surface area contributed by atoms with Gasteiger partial charge in [0.15, 0.2) is 0 Å². The lowest BCUT2D eigenvalue weighted by atomic mass is 10.1. The molecule has 2 heterocycles. The highest BCUT2D eigenvalue weighted by Gasteiger charge is 2.07. The molecule has 0 aromatic carbocycles. The van der Waals surface area contributed by atoms with Gasteiger partial charge in [-0.05, 0) is 12.0 Å². The average molecular weight is 230 g/mol. The Bertz CT molecular complexity index is 589. The molecule has 0 fully saturated rings. The Morgan fingerprint density at radius 1 is 1.29 bits per heavy atom. The Kier molecular flexibility index (Phi) is 2.91. The van der Waals surface area contributed by atoms with Crippen molar-refractivity contribution in [2.45, 2.75) is 19.8 Å². The Labute approximate surface area is 99.0 Å². The molecule has 0 spiro atoms. The van der Waals surface area contributed by atoms with Crippen molar-refractivity contribution in [2.75, 3.05) is 5.73 Å². The molecule has 0 bridgehead atoms. The summed E-state index contributed by atoms with van der Waals surface area (Å²) < 4.78 is 1.45. The number of aromatic nitrogens is 3. The summed E-state index contributed by atoms with van der Waals surface area (Å²) in [6.07, 6.45) is 1.66. The summed E-state index contributed by atoms with van der Waals surface area (Å²) in [5, 5.41) is 0. The standard InChI is InChI=1S/C12H14N4O/c1-8(2)9-7-10(15-12(13)14-9)16-6-4-3-5-11(16)17/h3-8H,1-2H3,(H2,13,14,15). The second-order valence-corrected chi connectivity index (χ2v) is 4.07. The fraction of sp³-hybridized carbons (Fsp3) is 0.250.